The van der Waals surface area contributed by atoms with Gasteiger partial charge in [0.15, 0.2) is 4.96 Å². The van der Waals surface area contributed by atoms with Gasteiger partial charge in [0.25, 0.3) is 5.91 Å². The molecule has 0 bridgehead atoms. The number of hydrogen-bond acceptors (Lipinski definition) is 4. The summed E-state index contributed by atoms with van der Waals surface area (Å²) in [5, 5.41) is 3.28. The third-order valence-electron chi connectivity index (χ3n) is 6.77. The van der Waals surface area contributed by atoms with Crippen LogP contribution in [0.15, 0.2) is 48.7 Å². The van der Waals surface area contributed by atoms with Gasteiger partial charge in [0, 0.05) is 23.4 Å². The molecule has 1 fully saturated rings. The fraction of sp³-hybridized carbons (Fsp3) is 0.360. The molecular weight excluding hydrogens is 406 g/mol. The third kappa shape index (κ3) is 3.69. The van der Waals surface area contributed by atoms with Crippen molar-refractivity contribution < 1.29 is 9.53 Å². The fourth-order valence-electron chi connectivity index (χ4n) is 4.58. The summed E-state index contributed by atoms with van der Waals surface area (Å²) in [6.45, 7) is 4.54. The molecule has 0 aliphatic heterocycles. The fourth-order valence-corrected chi connectivity index (χ4v) is 5.63. The molecule has 2 aromatic carbocycles. The predicted octanol–water partition coefficient (Wildman–Crippen LogP) is 5.78. The van der Waals surface area contributed by atoms with Gasteiger partial charge in [0.1, 0.15) is 5.75 Å². The molecule has 0 radical (unpaired) electrons. The van der Waals surface area contributed by atoms with E-state index < -0.39 is 0 Å². The van der Waals surface area contributed by atoms with E-state index >= 15 is 0 Å². The summed E-state index contributed by atoms with van der Waals surface area (Å²) >= 11 is 1.61. The lowest BCUT2D eigenvalue weighted by molar-refractivity contribution is 0.0891. The normalized spacial score (nSPS) is 21.5. The molecule has 5 rings (SSSR count). The summed E-state index contributed by atoms with van der Waals surface area (Å²) in [5.41, 5.74) is 3.77. The maximum absolute atomic E-state index is 12.9. The number of fused-ring (bicyclic) bond motifs is 3. The first kappa shape index (κ1) is 20.1. The monoisotopic (exact) mass is 433 g/mol. The summed E-state index contributed by atoms with van der Waals surface area (Å²) in [6, 6.07) is 14.1. The number of nitrogens with one attached hydrogen (secondary N) is 1. The van der Waals surface area contributed by atoms with Crippen LogP contribution in [0.4, 0.5) is 0 Å². The zero-order valence-electron chi connectivity index (χ0n) is 18.1. The van der Waals surface area contributed by atoms with Crippen molar-refractivity contribution in [2.75, 3.05) is 7.11 Å². The molecule has 1 N–H and O–H groups in total. The first-order valence-electron chi connectivity index (χ1n) is 10.9. The first-order chi connectivity index (χ1) is 15.0. The van der Waals surface area contributed by atoms with Crippen LogP contribution in [0.1, 0.15) is 43.5 Å². The van der Waals surface area contributed by atoms with Crippen molar-refractivity contribution in [3.05, 3.63) is 54.2 Å². The Morgan fingerprint density at radius 1 is 1.16 bits per heavy atom. The van der Waals surface area contributed by atoms with Crippen LogP contribution in [0.25, 0.3) is 26.4 Å². The van der Waals surface area contributed by atoms with Crippen LogP contribution in [0.2, 0.25) is 0 Å². The van der Waals surface area contributed by atoms with Gasteiger partial charge >= 0.3 is 0 Å². The van der Waals surface area contributed by atoms with Gasteiger partial charge < -0.3 is 10.1 Å². The molecule has 1 amide bonds. The largest absolute Gasteiger partial charge is 0.497 e. The maximum Gasteiger partial charge on any atom is 0.251 e. The summed E-state index contributed by atoms with van der Waals surface area (Å²) in [4.78, 5) is 18.6. The van der Waals surface area contributed by atoms with E-state index in [-0.39, 0.29) is 11.9 Å². The Bertz CT molecular complexity index is 1240. The van der Waals surface area contributed by atoms with E-state index in [2.05, 4.69) is 29.8 Å². The quantitative estimate of drug-likeness (QED) is 0.444. The number of ether oxygens (including phenoxy) is 1. The van der Waals surface area contributed by atoms with Gasteiger partial charge in [-0.3, -0.25) is 9.20 Å². The molecule has 1 aliphatic carbocycles. The molecule has 2 heterocycles. The van der Waals surface area contributed by atoms with Crippen LogP contribution in [-0.4, -0.2) is 28.4 Å². The van der Waals surface area contributed by atoms with Crippen molar-refractivity contribution in [3.8, 4) is 17.0 Å². The van der Waals surface area contributed by atoms with Crippen LogP contribution in [-0.2, 0) is 0 Å². The Balaban J connectivity index is 1.40. The Labute approximate surface area is 186 Å². The minimum atomic E-state index is 0.0258. The highest BCUT2D eigenvalue weighted by Gasteiger charge is 2.28. The second-order valence-electron chi connectivity index (χ2n) is 8.64. The van der Waals surface area contributed by atoms with E-state index in [0.29, 0.717) is 11.8 Å². The molecule has 0 unspecified atom stereocenters. The van der Waals surface area contributed by atoms with Crippen LogP contribution in [0.5, 0.6) is 5.75 Å². The lowest BCUT2D eigenvalue weighted by Crippen LogP contribution is -2.43. The molecule has 1 saturated carbocycles. The number of benzene rings is 2. The summed E-state index contributed by atoms with van der Waals surface area (Å²) in [6.07, 6.45) is 5.57. The predicted molar refractivity (Wildman–Crippen MR) is 126 cm³/mol. The molecule has 0 saturated heterocycles. The number of nitrogens with zero attached hydrogens (tertiary/aromatic N) is 2. The van der Waals surface area contributed by atoms with Crippen LogP contribution >= 0.6 is 11.3 Å². The van der Waals surface area contributed by atoms with Crippen molar-refractivity contribution in [2.24, 2.45) is 11.8 Å². The molecule has 1 aliphatic rings. The molecule has 0 spiro atoms. The van der Waals surface area contributed by atoms with E-state index in [1.165, 1.54) is 12.8 Å². The van der Waals surface area contributed by atoms with Crippen LogP contribution in [0, 0.1) is 11.8 Å². The van der Waals surface area contributed by atoms with Gasteiger partial charge in [0.05, 0.1) is 23.0 Å². The zero-order chi connectivity index (χ0) is 21.5. The van der Waals surface area contributed by atoms with Gasteiger partial charge in [-0.15, -0.1) is 0 Å². The lowest BCUT2D eigenvalue weighted by Gasteiger charge is -2.34. The number of amides is 1. The number of rotatable bonds is 4. The van der Waals surface area contributed by atoms with E-state index in [1.807, 2.05) is 42.5 Å². The minimum absolute atomic E-state index is 0.0258. The number of aromatic nitrogens is 2. The van der Waals surface area contributed by atoms with E-state index in [9.17, 15) is 4.79 Å². The molecular formula is C25H27N3O2S. The molecule has 5 nitrogen and oxygen atoms in total. The van der Waals surface area contributed by atoms with Crippen molar-refractivity contribution >= 4 is 32.4 Å². The number of thiazole rings is 1. The second kappa shape index (κ2) is 8.00. The van der Waals surface area contributed by atoms with Crippen LogP contribution < -0.4 is 10.1 Å². The Morgan fingerprint density at radius 2 is 1.97 bits per heavy atom. The number of imidazole rings is 1. The highest BCUT2D eigenvalue weighted by atomic mass is 32.1. The number of methoxy groups -OCH3 is 1. The van der Waals surface area contributed by atoms with E-state index in [1.54, 1.807) is 18.4 Å². The van der Waals surface area contributed by atoms with Crippen molar-refractivity contribution in [1.29, 1.82) is 0 Å². The highest BCUT2D eigenvalue weighted by molar-refractivity contribution is 7.23. The first-order valence-corrected chi connectivity index (χ1v) is 11.7. The number of carbonyl (C=O) groups excluding carboxylic acids is 1. The zero-order valence-corrected chi connectivity index (χ0v) is 18.9. The second-order valence-corrected chi connectivity index (χ2v) is 9.65. The smallest absolute Gasteiger partial charge is 0.251 e. The van der Waals surface area contributed by atoms with Crippen molar-refractivity contribution in [1.82, 2.24) is 14.7 Å². The van der Waals surface area contributed by atoms with Gasteiger partial charge in [-0.05, 0) is 60.7 Å². The van der Waals surface area contributed by atoms with Gasteiger partial charge in [0.2, 0.25) is 0 Å². The van der Waals surface area contributed by atoms with E-state index in [0.717, 1.165) is 44.2 Å². The van der Waals surface area contributed by atoms with Crippen molar-refractivity contribution in [2.45, 2.75) is 39.2 Å². The SMILES string of the molecule is COc1ccc(-c2cn3c(n2)sc2cc(C(=O)N[C@@H]4CCC[C@H](C)[C@@H]4C)ccc23)cc1. The molecule has 3 atom stereocenters. The van der Waals surface area contributed by atoms with Crippen LogP contribution in [0.3, 0.4) is 0 Å². The van der Waals surface area contributed by atoms with Gasteiger partial charge in [-0.25, -0.2) is 4.98 Å². The van der Waals surface area contributed by atoms with Gasteiger partial charge in [-0.1, -0.05) is 38.0 Å². The summed E-state index contributed by atoms with van der Waals surface area (Å²) in [5.74, 6) is 2.03. The lowest BCUT2D eigenvalue weighted by atomic mass is 9.78. The topological polar surface area (TPSA) is 55.6 Å². The summed E-state index contributed by atoms with van der Waals surface area (Å²) in [7, 11) is 1.67. The Kier molecular flexibility index (Phi) is 5.18. The highest BCUT2D eigenvalue weighted by Crippen LogP contribution is 2.32. The summed E-state index contributed by atoms with van der Waals surface area (Å²) < 4.78 is 8.41. The average molecular weight is 434 g/mol. The third-order valence-corrected chi connectivity index (χ3v) is 7.78. The molecule has 160 valence electrons. The molecule has 2 aromatic heterocycles. The minimum Gasteiger partial charge on any atom is -0.497 e. The Morgan fingerprint density at radius 3 is 2.74 bits per heavy atom. The molecule has 6 heteroatoms. The standard InChI is InChI=1S/C25H27N3O2S/c1-15-5-4-6-20(16(15)2)26-24(29)18-9-12-22-23(13-18)31-25-27-21(14-28(22)25)17-7-10-19(30-3)11-8-17/h7-16,20H,4-6H2,1-3H3,(H,26,29)/t15-,16-,20+/m0/s1. The van der Waals surface area contributed by atoms with E-state index in [4.69, 9.17) is 9.72 Å². The maximum atomic E-state index is 12.9. The molecule has 4 aromatic rings. The van der Waals surface area contributed by atoms with Gasteiger partial charge in [-0.2, -0.15) is 0 Å². The average Bonchev–Trinajstić information content (AvgIpc) is 3.34. The Hall–Kier alpha value is -2.86. The van der Waals surface area contributed by atoms with Crippen molar-refractivity contribution in [3.63, 3.8) is 0 Å². The number of carbonyl (C=O) groups is 1. The molecule has 31 heavy (non-hydrogen) atoms. The number of hydrogen-bond donors (Lipinski definition) is 1.